The summed E-state index contributed by atoms with van der Waals surface area (Å²) in [6.45, 7) is 0. The fraction of sp³-hybridized carbons (Fsp3) is 0.471. The zero-order chi connectivity index (χ0) is 31.1. The molecule has 3 aliphatic carbocycles. The quantitative estimate of drug-likeness (QED) is 0.241. The minimum absolute atomic E-state index is 0.188. The van der Waals surface area contributed by atoms with Crippen molar-refractivity contribution in [1.29, 1.82) is 0 Å². The van der Waals surface area contributed by atoms with Gasteiger partial charge < -0.3 is 10.2 Å². The normalized spacial score (nSPS) is 22.2. The van der Waals surface area contributed by atoms with Gasteiger partial charge in [0.05, 0.1) is 11.4 Å². The molecule has 0 bridgehead atoms. The summed E-state index contributed by atoms with van der Waals surface area (Å²) in [5.41, 5.74) is 5.52. The first-order valence-corrected chi connectivity index (χ1v) is 21.8. The second-order valence-corrected chi connectivity index (χ2v) is 17.6. The number of anilines is 2. The summed E-state index contributed by atoms with van der Waals surface area (Å²) in [4.78, 5) is 28.5. The molecule has 3 fully saturated rings. The molecule has 4 aliphatic rings. The molecule has 3 saturated carbocycles. The average molecular weight is 745 g/mol. The number of fused-ring (bicyclic) bond motifs is 1. The average Bonchev–Trinajstić information content (AvgIpc) is 3.39. The number of carboxylic acid groups (broad SMARTS) is 2. The van der Waals surface area contributed by atoms with Crippen molar-refractivity contribution in [2.24, 2.45) is 0 Å². The Kier molecular flexibility index (Phi) is 12.2. The maximum absolute atomic E-state index is 13.0. The molecule has 6 nitrogen and oxygen atoms in total. The van der Waals surface area contributed by atoms with Gasteiger partial charge in [0.1, 0.15) is 5.82 Å². The Hall–Kier alpha value is -1.91. The van der Waals surface area contributed by atoms with Crippen LogP contribution in [0.15, 0.2) is 71.6 Å². The number of carbonyl (C=O) groups is 2. The second-order valence-electron chi connectivity index (χ2n) is 12.0. The maximum atomic E-state index is 13.0. The van der Waals surface area contributed by atoms with Crippen molar-refractivity contribution in [2.45, 2.75) is 100 Å². The summed E-state index contributed by atoms with van der Waals surface area (Å²) in [5, 5.41) is 21.2. The van der Waals surface area contributed by atoms with Gasteiger partial charge in [-0.05, 0) is 79.5 Å². The van der Waals surface area contributed by atoms with Crippen LogP contribution in [0.4, 0.5) is 21.0 Å². The van der Waals surface area contributed by atoms with Crippen LogP contribution in [0.25, 0.3) is 6.08 Å². The summed E-state index contributed by atoms with van der Waals surface area (Å²) in [5.74, 6) is 0.331. The molecule has 2 N–H and O–H groups in total. The number of allylic oxidation sites excluding steroid dienone is 2. The molecule has 10 heteroatoms. The molecule has 0 aromatic heterocycles. The minimum atomic E-state index is -1.13. The molecular weight excluding hydrogens is 703 g/mol. The predicted octanol–water partition coefficient (Wildman–Crippen LogP) is 11.0. The molecule has 6 rings (SSSR count). The van der Waals surface area contributed by atoms with Gasteiger partial charge in [-0.2, -0.15) is 0 Å². The first-order valence-electron chi connectivity index (χ1n) is 15.7. The molecule has 2 aromatic carbocycles. The standard InChI is InChI=1S/C34H41N2O4P.2ClH.Ru/c37-33(38)35-28-20-10-11-21-29(28)36(34(39)40)32(35)31-25(23-24-13-4-1-5-14-24)15-12-22-30(31)41(26-16-6-2-7-17-26)27-18-8-3-9-19-27;;;/h1,4-5,10-11,13-14,20-21,23,26-27,30H,2-3,6-9,12,15-19,22H2,(H,37,38)(H,39,40);2*1H;/q;;;+2/p-2. The van der Waals surface area contributed by atoms with Crippen molar-refractivity contribution in [3.05, 3.63) is 77.1 Å². The van der Waals surface area contributed by atoms with Crippen LogP contribution in [-0.2, 0) is 15.1 Å². The van der Waals surface area contributed by atoms with Crippen LogP contribution in [0.2, 0.25) is 0 Å². The summed E-state index contributed by atoms with van der Waals surface area (Å²) in [6.07, 6.45) is 15.5. The Morgan fingerprint density at radius 2 is 1.20 bits per heavy atom. The van der Waals surface area contributed by atoms with Gasteiger partial charge in [-0.3, -0.25) is 0 Å². The zero-order valence-electron chi connectivity index (χ0n) is 24.9. The van der Waals surface area contributed by atoms with Gasteiger partial charge in [0.2, 0.25) is 0 Å². The fourth-order valence-electron chi connectivity index (χ4n) is 7.83. The van der Waals surface area contributed by atoms with E-state index in [1.165, 1.54) is 74.0 Å². The molecular formula is C34H41Cl2N2O4PRu. The Balaban J connectivity index is 0.00000123. The summed E-state index contributed by atoms with van der Waals surface area (Å²) in [7, 11) is 9.25. The van der Waals surface area contributed by atoms with Crippen molar-refractivity contribution < 1.29 is 34.9 Å². The van der Waals surface area contributed by atoms with Crippen LogP contribution >= 0.6 is 27.3 Å². The predicted molar refractivity (Wildman–Crippen MR) is 179 cm³/mol. The van der Waals surface area contributed by atoms with Crippen molar-refractivity contribution in [3.8, 4) is 0 Å². The molecule has 1 heterocycles. The number of rotatable bonds is 4. The van der Waals surface area contributed by atoms with Gasteiger partial charge >= 0.3 is 46.7 Å². The monoisotopic (exact) mass is 744 g/mol. The Labute approximate surface area is 277 Å². The van der Waals surface area contributed by atoms with Crippen LogP contribution in [0.3, 0.4) is 0 Å². The second kappa shape index (κ2) is 16.1. The number of hydrogen-bond acceptors (Lipinski definition) is 2. The first-order chi connectivity index (χ1) is 21.5. The Bertz CT molecular complexity index is 1300. The van der Waals surface area contributed by atoms with Crippen LogP contribution in [0.5, 0.6) is 0 Å². The number of hydrogen-bond donors (Lipinski definition) is 2. The van der Waals surface area contributed by atoms with Crippen LogP contribution in [0.1, 0.15) is 89.0 Å². The van der Waals surface area contributed by atoms with E-state index in [1.54, 1.807) is 24.3 Å². The first kappa shape index (κ1) is 33.5. The van der Waals surface area contributed by atoms with E-state index < -0.39 is 20.1 Å². The summed E-state index contributed by atoms with van der Waals surface area (Å²) >= 11 is -0.346. The number of halogens is 2. The summed E-state index contributed by atoms with van der Waals surface area (Å²) in [6, 6.07) is 17.3. The van der Waals surface area contributed by atoms with Crippen molar-refractivity contribution in [1.82, 2.24) is 0 Å². The molecule has 2 amide bonds. The van der Waals surface area contributed by atoms with E-state index in [-0.39, 0.29) is 20.8 Å². The molecule has 1 unspecified atom stereocenters. The third kappa shape index (κ3) is 7.38. The Morgan fingerprint density at radius 1 is 0.727 bits per heavy atom. The topological polar surface area (TPSA) is 81.1 Å². The number of para-hydroxylation sites is 2. The number of amides is 2. The third-order valence-corrected chi connectivity index (χ3v) is 13.5. The van der Waals surface area contributed by atoms with E-state index in [4.69, 9.17) is 19.4 Å². The third-order valence-electron chi connectivity index (χ3n) is 9.51. The molecule has 1 atom stereocenters. The van der Waals surface area contributed by atoms with Crippen molar-refractivity contribution >= 4 is 56.9 Å². The Morgan fingerprint density at radius 3 is 1.68 bits per heavy atom. The number of nitrogens with zero attached hydrogens (tertiary/aromatic N) is 2. The fourth-order valence-corrected chi connectivity index (χ4v) is 12.4. The molecule has 0 radical (unpaired) electrons. The van der Waals surface area contributed by atoms with Gasteiger partial charge in [-0.25, -0.2) is 19.4 Å². The molecule has 238 valence electrons. The molecule has 2 aromatic rings. The SMILES string of the molecule is O=C(O)N1C(=C2C(=Cc3ccccc3)CCCC2P(C2CCCCC2)C2CCCCC2)N(C(=O)O)c2ccccc21.[Cl][Ru][Cl]. The molecule has 0 saturated heterocycles. The van der Waals surface area contributed by atoms with E-state index in [0.717, 1.165) is 36.0 Å². The van der Waals surface area contributed by atoms with Gasteiger partial charge in [-0.1, -0.05) is 95.0 Å². The van der Waals surface area contributed by atoms with E-state index in [0.29, 0.717) is 28.5 Å². The van der Waals surface area contributed by atoms with Crippen molar-refractivity contribution in [2.75, 3.05) is 9.80 Å². The van der Waals surface area contributed by atoms with Crippen LogP contribution in [-0.4, -0.2) is 39.4 Å². The van der Waals surface area contributed by atoms with Gasteiger partial charge in [0.15, 0.2) is 0 Å². The van der Waals surface area contributed by atoms with E-state index in [9.17, 15) is 19.8 Å². The molecule has 44 heavy (non-hydrogen) atoms. The summed E-state index contributed by atoms with van der Waals surface area (Å²) < 4.78 is 0. The van der Waals surface area contributed by atoms with Crippen molar-refractivity contribution in [3.63, 3.8) is 0 Å². The molecule has 0 spiro atoms. The van der Waals surface area contributed by atoms with Crippen LogP contribution < -0.4 is 9.80 Å². The van der Waals surface area contributed by atoms with E-state index >= 15 is 0 Å². The number of benzene rings is 2. The van der Waals surface area contributed by atoms with Crippen LogP contribution in [0, 0.1) is 0 Å². The van der Waals surface area contributed by atoms with Gasteiger partial charge in [-0.15, -0.1) is 0 Å². The molecule has 1 aliphatic heterocycles. The van der Waals surface area contributed by atoms with E-state index in [1.807, 2.05) is 18.2 Å². The zero-order valence-corrected chi connectivity index (χ0v) is 29.0. The van der Waals surface area contributed by atoms with Gasteiger partial charge in [0, 0.05) is 11.2 Å². The van der Waals surface area contributed by atoms with E-state index in [2.05, 4.69) is 18.2 Å². The van der Waals surface area contributed by atoms with Gasteiger partial charge in [0.25, 0.3) is 0 Å².